The summed E-state index contributed by atoms with van der Waals surface area (Å²) in [6, 6.07) is 0. The molecule has 0 aromatic rings. The molecule has 1 saturated carbocycles. The Labute approximate surface area is 78.7 Å². The van der Waals surface area contributed by atoms with Crippen molar-refractivity contribution >= 4 is 5.91 Å². The van der Waals surface area contributed by atoms with Crippen LogP contribution in [0.4, 0.5) is 0 Å². The molecule has 1 fully saturated rings. The van der Waals surface area contributed by atoms with Gasteiger partial charge in [-0.25, -0.2) is 5.43 Å². The third-order valence-corrected chi connectivity index (χ3v) is 2.47. The first kappa shape index (κ1) is 10.5. The summed E-state index contributed by atoms with van der Waals surface area (Å²) in [5.41, 5.74) is 4.60. The number of carbonyl (C=O) groups is 1. The van der Waals surface area contributed by atoms with Crippen molar-refractivity contribution in [2.24, 2.45) is 0 Å². The van der Waals surface area contributed by atoms with Crippen molar-refractivity contribution in [3.63, 3.8) is 0 Å². The van der Waals surface area contributed by atoms with Gasteiger partial charge in [-0.1, -0.05) is 19.3 Å². The fourth-order valence-electron chi connectivity index (χ4n) is 1.72. The monoisotopic (exact) mass is 186 g/mol. The number of carbonyl (C=O) groups excluding carboxylic acids is 1. The van der Waals surface area contributed by atoms with Gasteiger partial charge in [0.1, 0.15) is 0 Å². The average Bonchev–Trinajstić information content (AvgIpc) is 2.04. The molecular weight excluding hydrogens is 168 g/mol. The molecule has 76 valence electrons. The van der Waals surface area contributed by atoms with Crippen molar-refractivity contribution < 1.29 is 9.90 Å². The first-order valence-corrected chi connectivity index (χ1v) is 4.84. The maximum Gasteiger partial charge on any atom is 0.230 e. The van der Waals surface area contributed by atoms with Crippen molar-refractivity contribution in [1.82, 2.24) is 10.9 Å². The van der Waals surface area contributed by atoms with Gasteiger partial charge in [0.2, 0.25) is 5.91 Å². The summed E-state index contributed by atoms with van der Waals surface area (Å²) >= 11 is 0. The number of nitrogens with one attached hydrogen (secondary N) is 2. The Morgan fingerprint density at radius 2 is 2.00 bits per heavy atom. The van der Waals surface area contributed by atoms with Gasteiger partial charge in [-0.2, -0.15) is 0 Å². The molecule has 0 bridgehead atoms. The lowest BCUT2D eigenvalue weighted by Crippen LogP contribution is -2.48. The summed E-state index contributed by atoms with van der Waals surface area (Å²) < 4.78 is 0. The topological polar surface area (TPSA) is 61.4 Å². The molecule has 1 aliphatic rings. The molecule has 1 aliphatic carbocycles. The summed E-state index contributed by atoms with van der Waals surface area (Å²) in [6.45, 7) is 1.89. The Bertz CT molecular complexity index is 176. The Balaban J connectivity index is 2.21. The highest BCUT2D eigenvalue weighted by atomic mass is 16.3. The summed E-state index contributed by atoms with van der Waals surface area (Å²) in [4.78, 5) is 10.5. The SMILES string of the molecule is CC(=O)NNCC1(O)CCCCC1. The normalized spacial score (nSPS) is 21.1. The first-order valence-electron chi connectivity index (χ1n) is 4.84. The van der Waals surface area contributed by atoms with Crippen LogP contribution in [0.15, 0.2) is 0 Å². The second kappa shape index (κ2) is 4.58. The largest absolute Gasteiger partial charge is 0.388 e. The molecule has 0 aliphatic heterocycles. The van der Waals surface area contributed by atoms with Crippen LogP contribution < -0.4 is 10.9 Å². The summed E-state index contributed by atoms with van der Waals surface area (Å²) in [7, 11) is 0. The Morgan fingerprint density at radius 1 is 1.38 bits per heavy atom. The summed E-state index contributed by atoms with van der Waals surface area (Å²) in [6.07, 6.45) is 5.04. The molecule has 13 heavy (non-hydrogen) atoms. The van der Waals surface area contributed by atoms with E-state index in [0.29, 0.717) is 6.54 Å². The van der Waals surface area contributed by atoms with E-state index in [1.54, 1.807) is 0 Å². The van der Waals surface area contributed by atoms with Crippen LogP contribution in [0.25, 0.3) is 0 Å². The smallest absolute Gasteiger partial charge is 0.230 e. The zero-order chi connectivity index (χ0) is 9.73. The second-order valence-corrected chi connectivity index (χ2v) is 3.82. The zero-order valence-electron chi connectivity index (χ0n) is 8.10. The maximum absolute atomic E-state index is 10.5. The van der Waals surface area contributed by atoms with Crippen LogP contribution >= 0.6 is 0 Å². The second-order valence-electron chi connectivity index (χ2n) is 3.82. The highest BCUT2D eigenvalue weighted by Gasteiger charge is 2.28. The van der Waals surface area contributed by atoms with Crippen LogP contribution in [0.3, 0.4) is 0 Å². The van der Waals surface area contributed by atoms with Gasteiger partial charge in [0.15, 0.2) is 0 Å². The number of rotatable bonds is 3. The predicted octanol–water partition coefficient (Wildman–Crippen LogP) is 0.322. The minimum absolute atomic E-state index is 0.126. The molecule has 0 aromatic heterocycles. The van der Waals surface area contributed by atoms with Gasteiger partial charge in [0, 0.05) is 13.5 Å². The van der Waals surface area contributed by atoms with E-state index in [-0.39, 0.29) is 5.91 Å². The number of hydrazine groups is 1. The fraction of sp³-hybridized carbons (Fsp3) is 0.889. The lowest BCUT2D eigenvalue weighted by atomic mass is 9.85. The van der Waals surface area contributed by atoms with Crippen LogP contribution in [0.2, 0.25) is 0 Å². The van der Waals surface area contributed by atoms with Crippen molar-refractivity contribution in [2.75, 3.05) is 6.54 Å². The van der Waals surface area contributed by atoms with Gasteiger partial charge in [-0.15, -0.1) is 0 Å². The standard InChI is InChI=1S/C9H18N2O2/c1-8(12)11-10-7-9(13)5-3-2-4-6-9/h10,13H,2-7H2,1H3,(H,11,12). The zero-order valence-corrected chi connectivity index (χ0v) is 8.10. The third-order valence-electron chi connectivity index (χ3n) is 2.47. The average molecular weight is 186 g/mol. The maximum atomic E-state index is 10.5. The van der Waals surface area contributed by atoms with Gasteiger partial charge in [0.05, 0.1) is 5.60 Å². The molecule has 4 heteroatoms. The van der Waals surface area contributed by atoms with Crippen LogP contribution in [-0.4, -0.2) is 23.2 Å². The molecule has 3 N–H and O–H groups in total. The van der Waals surface area contributed by atoms with Gasteiger partial charge >= 0.3 is 0 Å². The molecule has 0 unspecified atom stereocenters. The van der Waals surface area contributed by atoms with Crippen LogP contribution in [-0.2, 0) is 4.79 Å². The molecule has 0 saturated heterocycles. The van der Waals surface area contributed by atoms with E-state index in [1.807, 2.05) is 0 Å². The minimum atomic E-state index is -0.610. The Kier molecular flexibility index (Phi) is 3.69. The molecule has 0 spiro atoms. The number of hydrogen-bond acceptors (Lipinski definition) is 3. The highest BCUT2D eigenvalue weighted by Crippen LogP contribution is 2.26. The van der Waals surface area contributed by atoms with E-state index in [0.717, 1.165) is 25.7 Å². The van der Waals surface area contributed by atoms with E-state index < -0.39 is 5.60 Å². The quantitative estimate of drug-likeness (QED) is 0.556. The number of amides is 1. The van der Waals surface area contributed by atoms with Crippen LogP contribution in [0, 0.1) is 0 Å². The molecule has 1 rings (SSSR count). The number of hydrogen-bond donors (Lipinski definition) is 3. The third kappa shape index (κ3) is 3.74. The van der Waals surface area contributed by atoms with E-state index >= 15 is 0 Å². The lowest BCUT2D eigenvalue weighted by Gasteiger charge is -2.32. The molecule has 4 nitrogen and oxygen atoms in total. The predicted molar refractivity (Wildman–Crippen MR) is 49.9 cm³/mol. The summed E-state index contributed by atoms with van der Waals surface area (Å²) in [5, 5.41) is 9.97. The summed E-state index contributed by atoms with van der Waals surface area (Å²) in [5.74, 6) is -0.126. The molecular formula is C9H18N2O2. The van der Waals surface area contributed by atoms with Gasteiger partial charge < -0.3 is 5.11 Å². The highest BCUT2D eigenvalue weighted by molar-refractivity contribution is 5.72. The number of aliphatic hydroxyl groups is 1. The Morgan fingerprint density at radius 3 is 2.54 bits per heavy atom. The van der Waals surface area contributed by atoms with Gasteiger partial charge in [0.25, 0.3) is 0 Å². The molecule has 0 aromatic carbocycles. The lowest BCUT2D eigenvalue weighted by molar-refractivity contribution is -0.120. The van der Waals surface area contributed by atoms with E-state index in [2.05, 4.69) is 10.9 Å². The van der Waals surface area contributed by atoms with Gasteiger partial charge in [-0.3, -0.25) is 10.2 Å². The minimum Gasteiger partial charge on any atom is -0.388 e. The van der Waals surface area contributed by atoms with E-state index in [1.165, 1.54) is 13.3 Å². The van der Waals surface area contributed by atoms with E-state index in [9.17, 15) is 9.90 Å². The fourth-order valence-corrected chi connectivity index (χ4v) is 1.72. The first-order chi connectivity index (χ1) is 6.12. The van der Waals surface area contributed by atoms with Crippen LogP contribution in [0.1, 0.15) is 39.0 Å². The molecule has 0 heterocycles. The van der Waals surface area contributed by atoms with Crippen LogP contribution in [0.5, 0.6) is 0 Å². The van der Waals surface area contributed by atoms with E-state index in [4.69, 9.17) is 0 Å². The van der Waals surface area contributed by atoms with Crippen molar-refractivity contribution in [1.29, 1.82) is 0 Å². The van der Waals surface area contributed by atoms with Gasteiger partial charge in [-0.05, 0) is 12.8 Å². The van der Waals surface area contributed by atoms with Crippen molar-refractivity contribution in [2.45, 2.75) is 44.6 Å². The molecule has 1 amide bonds. The molecule has 0 atom stereocenters. The van der Waals surface area contributed by atoms with Crippen molar-refractivity contribution in [3.05, 3.63) is 0 Å². The Hall–Kier alpha value is -0.610. The molecule has 0 radical (unpaired) electrons. The van der Waals surface area contributed by atoms with Crippen molar-refractivity contribution in [3.8, 4) is 0 Å².